The number of benzene rings is 4. The number of morpholine rings is 2. The predicted octanol–water partition coefficient (Wildman–Crippen LogP) is 9.75. The largest absolute Gasteiger partial charge is 0.495 e. The highest BCUT2D eigenvalue weighted by Crippen LogP contribution is 2.41. The van der Waals surface area contributed by atoms with Crippen LogP contribution in [0.3, 0.4) is 0 Å². The van der Waals surface area contributed by atoms with Crippen molar-refractivity contribution in [2.45, 2.75) is 64.7 Å². The fraction of sp³-hybridized carbons (Fsp3) is 0.481. The van der Waals surface area contributed by atoms with E-state index in [2.05, 4.69) is 69.1 Å². The van der Waals surface area contributed by atoms with Crippen molar-refractivity contribution in [1.29, 1.82) is 0 Å². The molecule has 78 heavy (non-hydrogen) atoms. The maximum Gasteiger partial charge on any atom is 0.258 e. The number of carbonyl (C=O) groups is 1. The molecule has 428 valence electrons. The van der Waals surface area contributed by atoms with Crippen molar-refractivity contribution in [2.24, 2.45) is 10.9 Å². The SMILES string of the molecule is CCOC(C)OC(/C(N)=N/O)C(OC)c1ccc(N2CCOCC2)cc1.CCOC(C)OC(c1noc(-c2cc(OC)c(Br)c(OC)c2)n1)C(OC)c1ccc(N2CCOCC2)cc1.COc1cc(C(=O)Cl)cc(OC)c1Br. The summed E-state index contributed by atoms with van der Waals surface area (Å²) in [5, 5.41) is 15.9. The van der Waals surface area contributed by atoms with E-state index in [1.165, 1.54) is 14.2 Å². The van der Waals surface area contributed by atoms with Crippen LogP contribution in [-0.4, -0.2) is 154 Å². The van der Waals surface area contributed by atoms with E-state index in [0.717, 1.165) is 75.1 Å². The minimum atomic E-state index is -0.777. The van der Waals surface area contributed by atoms with Gasteiger partial charge in [0.2, 0.25) is 5.82 Å². The summed E-state index contributed by atoms with van der Waals surface area (Å²) in [4.78, 5) is 20.2. The number of methoxy groups -OCH3 is 6. The molecule has 0 amide bonds. The number of anilines is 2. The molecule has 2 fully saturated rings. The summed E-state index contributed by atoms with van der Waals surface area (Å²) < 4.78 is 73.6. The molecule has 3 heterocycles. The third-order valence-corrected chi connectivity index (χ3v) is 14.0. The zero-order valence-electron chi connectivity index (χ0n) is 45.6. The maximum atomic E-state index is 10.9. The van der Waals surface area contributed by atoms with Gasteiger partial charge in [-0.2, -0.15) is 4.98 Å². The highest BCUT2D eigenvalue weighted by atomic mass is 79.9. The van der Waals surface area contributed by atoms with Crippen LogP contribution in [0.2, 0.25) is 0 Å². The number of nitrogens with zero attached hydrogens (tertiary/aromatic N) is 5. The molecule has 2 aliphatic heterocycles. The van der Waals surface area contributed by atoms with Gasteiger partial charge in [0.15, 0.2) is 30.6 Å². The first-order valence-corrected chi connectivity index (χ1v) is 26.9. The average Bonchev–Trinajstić information content (AvgIpc) is 4.01. The number of carbonyl (C=O) groups excluding carboxylic acids is 1. The molecule has 6 atom stereocenters. The van der Waals surface area contributed by atoms with E-state index in [-0.39, 0.29) is 5.84 Å². The number of hydrogen-bond acceptors (Lipinski definition) is 20. The number of aromatic nitrogens is 2. The summed E-state index contributed by atoms with van der Waals surface area (Å²) in [5.74, 6) is 2.72. The van der Waals surface area contributed by atoms with Gasteiger partial charge in [-0.25, -0.2) is 0 Å². The molecule has 0 bridgehead atoms. The molecule has 24 heteroatoms. The average molecular weight is 1240 g/mol. The summed E-state index contributed by atoms with van der Waals surface area (Å²) in [5.41, 5.74) is 10.8. The highest BCUT2D eigenvalue weighted by molar-refractivity contribution is 9.11. The molecule has 2 saturated heterocycles. The standard InChI is InChI=1S/C27H34BrN3O7.C18H29N3O5.C9H8BrClO3/c1-6-36-17(2)37-25(24(34-5)18-7-9-20(10-8-18)31-11-13-35-14-12-31)26-29-27(38-30-26)19-15-21(32-3)23(28)22(16-19)33-4;1-4-25-13(2)26-17(18(19)20-22)16(23-3)14-5-7-15(8-6-14)21-9-11-24-12-10-21;1-13-6-3-5(9(11)12)4-7(14-2)8(6)10/h7-10,15-17,24-25H,6,11-14H2,1-5H3;5-8,13,16-17,22H,4,9-12H2,1-3H3,(H2,19,20);3-4H,1-2H3. The Kier molecular flexibility index (Phi) is 26.6. The van der Waals surface area contributed by atoms with E-state index in [4.69, 9.17) is 83.9 Å². The fourth-order valence-corrected chi connectivity index (χ4v) is 9.50. The lowest BCUT2D eigenvalue weighted by Crippen LogP contribution is -2.40. The van der Waals surface area contributed by atoms with Crippen molar-refractivity contribution in [3.63, 3.8) is 0 Å². The number of rotatable bonds is 24. The number of ether oxygens (including phenoxy) is 12. The quantitative estimate of drug-likeness (QED) is 0.0146. The van der Waals surface area contributed by atoms with Crippen LogP contribution in [0.4, 0.5) is 11.4 Å². The molecule has 1 aromatic heterocycles. The molecule has 5 aromatic rings. The van der Waals surface area contributed by atoms with Gasteiger partial charge in [-0.05, 0) is 131 Å². The predicted molar refractivity (Wildman–Crippen MR) is 301 cm³/mol. The van der Waals surface area contributed by atoms with Gasteiger partial charge < -0.3 is 82.1 Å². The van der Waals surface area contributed by atoms with Gasteiger partial charge in [0, 0.05) is 76.1 Å². The normalized spacial score (nSPS) is 16.0. The molecule has 0 radical (unpaired) electrons. The van der Waals surface area contributed by atoms with Gasteiger partial charge in [0.05, 0.1) is 54.9 Å². The minimum absolute atomic E-state index is 0.0688. The van der Waals surface area contributed by atoms with Crippen molar-refractivity contribution < 1.29 is 71.4 Å². The lowest BCUT2D eigenvalue weighted by Gasteiger charge is -2.30. The number of nitrogens with two attached hydrogens (primary N) is 1. The van der Waals surface area contributed by atoms with Crippen LogP contribution in [0.15, 0.2) is 91.4 Å². The van der Waals surface area contributed by atoms with E-state index >= 15 is 0 Å². The second-order valence-electron chi connectivity index (χ2n) is 17.0. The minimum Gasteiger partial charge on any atom is -0.495 e. The Morgan fingerprint density at radius 2 is 1.10 bits per heavy atom. The molecule has 3 N–H and O–H groups in total. The second kappa shape index (κ2) is 32.7. The van der Waals surface area contributed by atoms with Crippen LogP contribution in [-0.2, 0) is 37.9 Å². The van der Waals surface area contributed by atoms with Gasteiger partial charge in [-0.15, -0.1) is 0 Å². The first kappa shape index (κ1) is 63.5. The van der Waals surface area contributed by atoms with Gasteiger partial charge in [-0.1, -0.05) is 34.6 Å². The van der Waals surface area contributed by atoms with Crippen LogP contribution in [0.25, 0.3) is 11.5 Å². The first-order valence-electron chi connectivity index (χ1n) is 25.0. The number of hydrogen-bond donors (Lipinski definition) is 2. The Hall–Kier alpha value is -5.31. The summed E-state index contributed by atoms with van der Waals surface area (Å²) in [6, 6.07) is 22.9. The Balaban J connectivity index is 0.000000241. The van der Waals surface area contributed by atoms with Gasteiger partial charge in [0.1, 0.15) is 44.2 Å². The third-order valence-electron chi connectivity index (χ3n) is 12.2. The zero-order valence-corrected chi connectivity index (χ0v) is 49.5. The molecule has 7 rings (SSSR count). The van der Waals surface area contributed by atoms with E-state index in [9.17, 15) is 4.79 Å². The van der Waals surface area contributed by atoms with Crippen molar-refractivity contribution >= 4 is 65.9 Å². The molecule has 0 spiro atoms. The van der Waals surface area contributed by atoms with Crippen LogP contribution < -0.4 is 34.5 Å². The first-order chi connectivity index (χ1) is 37.7. The summed E-state index contributed by atoms with van der Waals surface area (Å²) in [6.07, 6.45) is -3.57. The molecule has 0 saturated carbocycles. The number of halogens is 3. The molecule has 21 nitrogen and oxygen atoms in total. The van der Waals surface area contributed by atoms with E-state index in [0.29, 0.717) is 68.0 Å². The van der Waals surface area contributed by atoms with Crippen LogP contribution in [0.1, 0.15) is 73.3 Å². The van der Waals surface area contributed by atoms with Crippen molar-refractivity contribution in [2.75, 3.05) is 118 Å². The van der Waals surface area contributed by atoms with E-state index in [1.807, 2.05) is 57.2 Å². The van der Waals surface area contributed by atoms with Crippen molar-refractivity contribution in [3.05, 3.63) is 104 Å². The lowest BCUT2D eigenvalue weighted by molar-refractivity contribution is -0.191. The smallest absolute Gasteiger partial charge is 0.258 e. The monoisotopic (exact) mass is 1240 g/mol. The van der Waals surface area contributed by atoms with Gasteiger partial charge in [0.25, 0.3) is 11.1 Å². The van der Waals surface area contributed by atoms with E-state index < -0.39 is 42.2 Å². The Bertz CT molecular complexity index is 2570. The maximum absolute atomic E-state index is 10.9. The summed E-state index contributed by atoms with van der Waals surface area (Å²) in [7, 11) is 9.36. The fourth-order valence-electron chi connectivity index (χ4n) is 8.29. The number of amidine groups is 1. The van der Waals surface area contributed by atoms with Gasteiger partial charge >= 0.3 is 0 Å². The van der Waals surface area contributed by atoms with E-state index in [1.54, 1.807) is 59.6 Å². The Labute approximate surface area is 477 Å². The summed E-state index contributed by atoms with van der Waals surface area (Å²) in [6.45, 7) is 14.7. The lowest BCUT2D eigenvalue weighted by atomic mass is 10.0. The van der Waals surface area contributed by atoms with Crippen LogP contribution >= 0.6 is 43.5 Å². The van der Waals surface area contributed by atoms with Crippen LogP contribution in [0, 0.1) is 0 Å². The summed E-state index contributed by atoms with van der Waals surface area (Å²) >= 11 is 12.1. The molecule has 6 unspecified atom stereocenters. The van der Waals surface area contributed by atoms with Crippen LogP contribution in [0.5, 0.6) is 23.0 Å². The third kappa shape index (κ3) is 17.6. The molecule has 0 aliphatic carbocycles. The van der Waals surface area contributed by atoms with Crippen molar-refractivity contribution in [1.82, 2.24) is 10.1 Å². The topological polar surface area (TPSA) is 232 Å². The Morgan fingerprint density at radius 1 is 0.679 bits per heavy atom. The molecular weight excluding hydrogens is 1170 g/mol. The second-order valence-corrected chi connectivity index (χ2v) is 18.9. The zero-order chi connectivity index (χ0) is 56.7. The van der Waals surface area contributed by atoms with Gasteiger partial charge in [-0.3, -0.25) is 4.79 Å². The Morgan fingerprint density at radius 3 is 1.50 bits per heavy atom. The molecule has 4 aromatic carbocycles. The molecular formula is C54H71Br2ClN6O15. The number of oxime groups is 1. The highest BCUT2D eigenvalue weighted by Gasteiger charge is 2.34. The molecule has 2 aliphatic rings. The van der Waals surface area contributed by atoms with Crippen molar-refractivity contribution in [3.8, 4) is 34.5 Å².